The standard InChI is InChI=1S/C17H26BrNO2/c1-4-5-15-11-14(8-9-21-15)19-12(2)13-6-7-17(20-3)16(18)10-13/h6-7,10,12,14-15,19H,4-5,8-9,11H2,1-3H3. The van der Waals surface area contributed by atoms with E-state index in [0.29, 0.717) is 18.2 Å². The minimum atomic E-state index is 0.331. The molecule has 4 heteroatoms. The van der Waals surface area contributed by atoms with Gasteiger partial charge in [0, 0.05) is 18.7 Å². The highest BCUT2D eigenvalue weighted by Gasteiger charge is 2.23. The molecule has 3 nitrogen and oxygen atoms in total. The molecule has 1 fully saturated rings. The molecule has 2 rings (SSSR count). The van der Waals surface area contributed by atoms with E-state index in [1.807, 2.05) is 6.07 Å². The maximum atomic E-state index is 5.82. The van der Waals surface area contributed by atoms with E-state index in [-0.39, 0.29) is 0 Å². The second-order valence-electron chi connectivity index (χ2n) is 5.79. The van der Waals surface area contributed by atoms with Crippen molar-refractivity contribution in [2.24, 2.45) is 0 Å². The van der Waals surface area contributed by atoms with Gasteiger partial charge in [-0.05, 0) is 59.8 Å². The molecular weight excluding hydrogens is 330 g/mol. The Labute approximate surface area is 136 Å². The molecule has 1 aromatic rings. The molecule has 1 aromatic carbocycles. The number of benzene rings is 1. The normalized spacial score (nSPS) is 23.8. The van der Waals surface area contributed by atoms with E-state index >= 15 is 0 Å². The number of methoxy groups -OCH3 is 1. The van der Waals surface area contributed by atoms with Crippen LogP contribution in [0.3, 0.4) is 0 Å². The summed E-state index contributed by atoms with van der Waals surface area (Å²) < 4.78 is 12.1. The zero-order chi connectivity index (χ0) is 15.2. The lowest BCUT2D eigenvalue weighted by molar-refractivity contribution is -0.00472. The Hall–Kier alpha value is -0.580. The van der Waals surface area contributed by atoms with Crippen LogP contribution in [0.1, 0.15) is 51.1 Å². The maximum Gasteiger partial charge on any atom is 0.133 e. The van der Waals surface area contributed by atoms with Crippen molar-refractivity contribution in [1.82, 2.24) is 5.32 Å². The Morgan fingerprint density at radius 3 is 2.95 bits per heavy atom. The van der Waals surface area contributed by atoms with Crippen molar-refractivity contribution in [1.29, 1.82) is 0 Å². The van der Waals surface area contributed by atoms with Gasteiger partial charge in [-0.15, -0.1) is 0 Å². The molecular formula is C17H26BrNO2. The highest BCUT2D eigenvalue weighted by molar-refractivity contribution is 9.10. The van der Waals surface area contributed by atoms with E-state index in [1.165, 1.54) is 18.4 Å². The van der Waals surface area contributed by atoms with Crippen molar-refractivity contribution in [3.8, 4) is 5.75 Å². The number of ether oxygens (including phenoxy) is 2. The molecule has 0 radical (unpaired) electrons. The predicted octanol–water partition coefficient (Wildman–Crippen LogP) is 4.46. The fourth-order valence-electron chi connectivity index (χ4n) is 2.96. The summed E-state index contributed by atoms with van der Waals surface area (Å²) in [6.07, 6.45) is 5.01. The predicted molar refractivity (Wildman–Crippen MR) is 89.9 cm³/mol. The zero-order valence-electron chi connectivity index (χ0n) is 13.2. The van der Waals surface area contributed by atoms with Gasteiger partial charge in [0.25, 0.3) is 0 Å². The highest BCUT2D eigenvalue weighted by atomic mass is 79.9. The first-order valence-electron chi connectivity index (χ1n) is 7.85. The number of nitrogens with one attached hydrogen (secondary N) is 1. The molecule has 1 saturated heterocycles. The lowest BCUT2D eigenvalue weighted by Gasteiger charge is -2.32. The van der Waals surface area contributed by atoms with Gasteiger partial charge in [-0.25, -0.2) is 0 Å². The lowest BCUT2D eigenvalue weighted by atomic mass is 9.98. The molecule has 3 atom stereocenters. The van der Waals surface area contributed by atoms with Crippen LogP contribution in [0, 0.1) is 0 Å². The van der Waals surface area contributed by atoms with Crippen LogP contribution in [-0.4, -0.2) is 25.9 Å². The smallest absolute Gasteiger partial charge is 0.133 e. The van der Waals surface area contributed by atoms with Crippen LogP contribution >= 0.6 is 15.9 Å². The van der Waals surface area contributed by atoms with Crippen molar-refractivity contribution in [3.63, 3.8) is 0 Å². The number of halogens is 1. The van der Waals surface area contributed by atoms with Crippen LogP contribution in [0.4, 0.5) is 0 Å². The van der Waals surface area contributed by atoms with Gasteiger partial charge >= 0.3 is 0 Å². The summed E-state index contributed by atoms with van der Waals surface area (Å²) in [6, 6.07) is 7.16. The van der Waals surface area contributed by atoms with Crippen molar-refractivity contribution < 1.29 is 9.47 Å². The molecule has 0 amide bonds. The van der Waals surface area contributed by atoms with Crippen molar-refractivity contribution in [2.45, 2.75) is 57.7 Å². The van der Waals surface area contributed by atoms with Crippen LogP contribution < -0.4 is 10.1 Å². The third-order valence-electron chi connectivity index (χ3n) is 4.14. The number of hydrogen-bond acceptors (Lipinski definition) is 3. The number of rotatable bonds is 6. The van der Waals surface area contributed by atoms with Gasteiger partial charge in [0.15, 0.2) is 0 Å². The van der Waals surface area contributed by atoms with E-state index in [9.17, 15) is 0 Å². The second kappa shape index (κ2) is 8.16. The van der Waals surface area contributed by atoms with Crippen molar-refractivity contribution >= 4 is 15.9 Å². The molecule has 0 spiro atoms. The Kier molecular flexibility index (Phi) is 6.52. The third kappa shape index (κ3) is 4.70. The van der Waals surface area contributed by atoms with Crippen LogP contribution in [0.2, 0.25) is 0 Å². The molecule has 0 saturated carbocycles. The highest BCUT2D eigenvalue weighted by Crippen LogP contribution is 2.29. The molecule has 1 N–H and O–H groups in total. The topological polar surface area (TPSA) is 30.5 Å². The Morgan fingerprint density at radius 1 is 1.48 bits per heavy atom. The zero-order valence-corrected chi connectivity index (χ0v) is 14.8. The van der Waals surface area contributed by atoms with Gasteiger partial charge in [0.1, 0.15) is 5.75 Å². The van der Waals surface area contributed by atoms with E-state index in [2.05, 4.69) is 47.2 Å². The van der Waals surface area contributed by atoms with Crippen molar-refractivity contribution in [2.75, 3.05) is 13.7 Å². The van der Waals surface area contributed by atoms with Gasteiger partial charge < -0.3 is 14.8 Å². The second-order valence-corrected chi connectivity index (χ2v) is 6.64. The third-order valence-corrected chi connectivity index (χ3v) is 4.76. The monoisotopic (exact) mass is 355 g/mol. The Balaban J connectivity index is 1.94. The molecule has 3 unspecified atom stereocenters. The summed E-state index contributed by atoms with van der Waals surface area (Å²) in [4.78, 5) is 0. The first kappa shape index (κ1) is 16.8. The van der Waals surface area contributed by atoms with E-state index in [0.717, 1.165) is 29.7 Å². The molecule has 1 aliphatic rings. The molecule has 118 valence electrons. The SMILES string of the molecule is CCCC1CC(NC(C)c2ccc(OC)c(Br)c2)CCO1. The van der Waals surface area contributed by atoms with E-state index in [1.54, 1.807) is 7.11 Å². The van der Waals surface area contributed by atoms with Gasteiger partial charge in [0.05, 0.1) is 17.7 Å². The summed E-state index contributed by atoms with van der Waals surface area (Å²) in [7, 11) is 1.69. The minimum absolute atomic E-state index is 0.331. The fraction of sp³-hybridized carbons (Fsp3) is 0.647. The quantitative estimate of drug-likeness (QED) is 0.817. The van der Waals surface area contributed by atoms with Gasteiger partial charge in [-0.1, -0.05) is 19.4 Å². The van der Waals surface area contributed by atoms with Crippen molar-refractivity contribution in [3.05, 3.63) is 28.2 Å². The Bertz CT molecular complexity index is 450. The molecule has 0 aromatic heterocycles. The molecule has 21 heavy (non-hydrogen) atoms. The first-order valence-corrected chi connectivity index (χ1v) is 8.64. The molecule has 0 aliphatic carbocycles. The molecule has 1 aliphatic heterocycles. The summed E-state index contributed by atoms with van der Waals surface area (Å²) >= 11 is 3.56. The largest absolute Gasteiger partial charge is 0.496 e. The maximum absolute atomic E-state index is 5.82. The minimum Gasteiger partial charge on any atom is -0.496 e. The number of hydrogen-bond donors (Lipinski definition) is 1. The first-order chi connectivity index (χ1) is 10.1. The van der Waals surface area contributed by atoms with Gasteiger partial charge in [0.2, 0.25) is 0 Å². The summed E-state index contributed by atoms with van der Waals surface area (Å²) in [5, 5.41) is 3.75. The van der Waals surface area contributed by atoms with Gasteiger partial charge in [-0.2, -0.15) is 0 Å². The van der Waals surface area contributed by atoms with Crippen LogP contribution in [-0.2, 0) is 4.74 Å². The summed E-state index contributed by atoms with van der Waals surface area (Å²) in [6.45, 7) is 5.32. The lowest BCUT2D eigenvalue weighted by Crippen LogP contribution is -2.40. The average molecular weight is 356 g/mol. The van der Waals surface area contributed by atoms with Crippen LogP contribution in [0.5, 0.6) is 5.75 Å². The van der Waals surface area contributed by atoms with E-state index in [4.69, 9.17) is 9.47 Å². The summed E-state index contributed by atoms with van der Waals surface area (Å²) in [5.41, 5.74) is 1.28. The molecule has 1 heterocycles. The molecule has 0 bridgehead atoms. The van der Waals surface area contributed by atoms with E-state index < -0.39 is 0 Å². The van der Waals surface area contributed by atoms with Gasteiger partial charge in [-0.3, -0.25) is 0 Å². The van der Waals surface area contributed by atoms with Crippen LogP contribution in [0.15, 0.2) is 22.7 Å². The fourth-order valence-corrected chi connectivity index (χ4v) is 3.51. The Morgan fingerprint density at radius 2 is 2.29 bits per heavy atom. The average Bonchev–Trinajstić information content (AvgIpc) is 2.48. The van der Waals surface area contributed by atoms with Crippen LogP contribution in [0.25, 0.3) is 0 Å². The summed E-state index contributed by atoms with van der Waals surface area (Å²) in [5.74, 6) is 0.875.